The van der Waals surface area contributed by atoms with E-state index in [1.165, 1.54) is 0 Å². The van der Waals surface area contributed by atoms with Gasteiger partial charge in [-0.25, -0.2) is 9.97 Å². The zero-order valence-corrected chi connectivity index (χ0v) is 10.4. The van der Waals surface area contributed by atoms with Gasteiger partial charge in [-0.2, -0.15) is 0 Å². The highest BCUT2D eigenvalue weighted by atomic mass is 16.5. The molecule has 1 saturated heterocycles. The summed E-state index contributed by atoms with van der Waals surface area (Å²) in [6, 6.07) is 1.92. The van der Waals surface area contributed by atoms with Crippen LogP contribution in [-0.2, 0) is 4.74 Å². The van der Waals surface area contributed by atoms with Gasteiger partial charge in [-0.1, -0.05) is 0 Å². The van der Waals surface area contributed by atoms with E-state index < -0.39 is 0 Å². The smallest absolute Gasteiger partial charge is 0.225 e. The van der Waals surface area contributed by atoms with E-state index in [4.69, 9.17) is 4.74 Å². The van der Waals surface area contributed by atoms with Crippen LogP contribution in [0, 0.1) is 6.92 Å². The Labute approximate surface area is 96.7 Å². The van der Waals surface area contributed by atoms with Crippen LogP contribution in [0.25, 0.3) is 0 Å². The minimum atomic E-state index is -0.134. The summed E-state index contributed by atoms with van der Waals surface area (Å²) in [5.74, 6) is 0.809. The molecule has 1 fully saturated rings. The van der Waals surface area contributed by atoms with Crippen LogP contribution >= 0.6 is 0 Å². The molecule has 1 aromatic heterocycles. The van der Waals surface area contributed by atoms with Crippen molar-refractivity contribution in [2.45, 2.75) is 39.4 Å². The van der Waals surface area contributed by atoms with Crippen LogP contribution in [0.3, 0.4) is 0 Å². The Balaban J connectivity index is 2.21. The van der Waals surface area contributed by atoms with E-state index in [1.807, 2.05) is 19.2 Å². The summed E-state index contributed by atoms with van der Waals surface area (Å²) in [6.07, 6.45) is 2.03. The molecule has 1 aliphatic heterocycles. The van der Waals surface area contributed by atoms with E-state index in [9.17, 15) is 0 Å². The van der Waals surface area contributed by atoms with Crippen molar-refractivity contribution in [3.05, 3.63) is 18.0 Å². The Morgan fingerprint density at radius 2 is 2.25 bits per heavy atom. The van der Waals surface area contributed by atoms with Gasteiger partial charge in [-0.15, -0.1) is 0 Å². The van der Waals surface area contributed by atoms with E-state index in [0.717, 1.165) is 24.7 Å². The van der Waals surface area contributed by atoms with Gasteiger partial charge in [0.1, 0.15) is 0 Å². The van der Waals surface area contributed by atoms with E-state index in [1.54, 1.807) is 0 Å². The van der Waals surface area contributed by atoms with Crippen molar-refractivity contribution in [1.29, 1.82) is 0 Å². The zero-order valence-electron chi connectivity index (χ0n) is 10.4. The van der Waals surface area contributed by atoms with Crippen LogP contribution in [0.5, 0.6) is 0 Å². The Morgan fingerprint density at radius 3 is 2.88 bits per heavy atom. The van der Waals surface area contributed by atoms with Crippen molar-refractivity contribution in [3.63, 3.8) is 0 Å². The molecule has 0 amide bonds. The summed E-state index contributed by atoms with van der Waals surface area (Å²) < 4.78 is 5.86. The second kappa shape index (κ2) is 4.01. The molecule has 1 aliphatic rings. The normalized spacial score (nSPS) is 24.5. The number of aryl methyl sites for hydroxylation is 1. The first-order valence-electron chi connectivity index (χ1n) is 5.69. The molecule has 0 aliphatic carbocycles. The third-order valence-electron chi connectivity index (χ3n) is 2.63. The average Bonchev–Trinajstić information content (AvgIpc) is 2.14. The molecule has 16 heavy (non-hydrogen) atoms. The first-order valence-corrected chi connectivity index (χ1v) is 5.69. The SMILES string of the molecule is Cc1ccnc(N2CC(C)OC(C)(C)C2)n1. The van der Waals surface area contributed by atoms with Crippen LogP contribution in [0.1, 0.15) is 26.5 Å². The lowest BCUT2D eigenvalue weighted by Gasteiger charge is -2.41. The van der Waals surface area contributed by atoms with Crippen LogP contribution in [0.15, 0.2) is 12.3 Å². The maximum absolute atomic E-state index is 5.86. The second-order valence-electron chi connectivity index (χ2n) is 5.07. The minimum absolute atomic E-state index is 0.134. The molecular formula is C12H19N3O. The van der Waals surface area contributed by atoms with Gasteiger partial charge in [0.15, 0.2) is 0 Å². The fourth-order valence-electron chi connectivity index (χ4n) is 2.19. The topological polar surface area (TPSA) is 38.2 Å². The third-order valence-corrected chi connectivity index (χ3v) is 2.63. The lowest BCUT2D eigenvalue weighted by Crippen LogP contribution is -2.52. The first kappa shape index (κ1) is 11.3. The van der Waals surface area contributed by atoms with Crippen molar-refractivity contribution in [2.75, 3.05) is 18.0 Å². The summed E-state index contributed by atoms with van der Waals surface area (Å²) in [6.45, 7) is 9.97. The van der Waals surface area contributed by atoms with Crippen molar-refractivity contribution in [1.82, 2.24) is 9.97 Å². The Kier molecular flexibility index (Phi) is 2.84. The third kappa shape index (κ3) is 2.50. The molecule has 4 heteroatoms. The number of nitrogens with zero attached hydrogens (tertiary/aromatic N) is 3. The number of aromatic nitrogens is 2. The van der Waals surface area contributed by atoms with Gasteiger partial charge in [0.05, 0.1) is 11.7 Å². The number of hydrogen-bond donors (Lipinski definition) is 0. The highest BCUT2D eigenvalue weighted by Crippen LogP contribution is 2.23. The average molecular weight is 221 g/mol. The number of hydrogen-bond acceptors (Lipinski definition) is 4. The fraction of sp³-hybridized carbons (Fsp3) is 0.667. The number of morpholine rings is 1. The summed E-state index contributed by atoms with van der Waals surface area (Å²) in [7, 11) is 0. The second-order valence-corrected chi connectivity index (χ2v) is 5.07. The minimum Gasteiger partial charge on any atom is -0.369 e. The molecule has 2 heterocycles. The molecule has 1 atom stereocenters. The summed E-state index contributed by atoms with van der Waals surface area (Å²) in [5.41, 5.74) is 0.868. The van der Waals surface area contributed by atoms with E-state index in [0.29, 0.717) is 0 Å². The van der Waals surface area contributed by atoms with Gasteiger partial charge < -0.3 is 9.64 Å². The van der Waals surface area contributed by atoms with Crippen LogP contribution < -0.4 is 4.90 Å². The lowest BCUT2D eigenvalue weighted by atomic mass is 10.1. The van der Waals surface area contributed by atoms with Gasteiger partial charge in [0.25, 0.3) is 0 Å². The molecule has 4 nitrogen and oxygen atoms in total. The molecule has 0 spiro atoms. The van der Waals surface area contributed by atoms with Crippen LogP contribution in [0.4, 0.5) is 5.95 Å². The first-order chi connectivity index (χ1) is 7.46. The van der Waals surface area contributed by atoms with Gasteiger partial charge in [0, 0.05) is 25.0 Å². The number of rotatable bonds is 1. The monoisotopic (exact) mass is 221 g/mol. The summed E-state index contributed by atoms with van der Waals surface area (Å²) >= 11 is 0. The van der Waals surface area contributed by atoms with E-state index in [2.05, 4.69) is 35.6 Å². The summed E-state index contributed by atoms with van der Waals surface area (Å²) in [5, 5.41) is 0. The predicted octanol–water partition coefficient (Wildman–Crippen LogP) is 1.79. The Hall–Kier alpha value is -1.16. The molecule has 88 valence electrons. The van der Waals surface area contributed by atoms with Crippen molar-refractivity contribution >= 4 is 5.95 Å². The number of ether oxygens (including phenoxy) is 1. The highest BCUT2D eigenvalue weighted by Gasteiger charge is 2.32. The molecule has 1 unspecified atom stereocenters. The van der Waals surface area contributed by atoms with Crippen molar-refractivity contribution < 1.29 is 4.74 Å². The molecule has 0 saturated carbocycles. The molecule has 1 aromatic rings. The highest BCUT2D eigenvalue weighted by molar-refractivity contribution is 5.32. The zero-order chi connectivity index (χ0) is 11.8. The largest absolute Gasteiger partial charge is 0.369 e. The molecule has 0 aromatic carbocycles. The molecule has 0 N–H and O–H groups in total. The standard InChI is InChI=1S/C12H19N3O/c1-9-5-6-13-11(14-9)15-7-10(2)16-12(3,4)8-15/h5-6,10H,7-8H2,1-4H3. The van der Waals surface area contributed by atoms with Crippen LogP contribution in [-0.4, -0.2) is 34.8 Å². The van der Waals surface area contributed by atoms with Gasteiger partial charge in [0.2, 0.25) is 5.95 Å². The fourth-order valence-corrected chi connectivity index (χ4v) is 2.19. The van der Waals surface area contributed by atoms with Gasteiger partial charge in [-0.3, -0.25) is 0 Å². The van der Waals surface area contributed by atoms with Gasteiger partial charge in [-0.05, 0) is 33.8 Å². The Morgan fingerprint density at radius 1 is 1.50 bits per heavy atom. The maximum atomic E-state index is 5.86. The van der Waals surface area contributed by atoms with E-state index >= 15 is 0 Å². The molecule has 2 rings (SSSR count). The molecule has 0 bridgehead atoms. The summed E-state index contributed by atoms with van der Waals surface area (Å²) in [4.78, 5) is 11.0. The quantitative estimate of drug-likeness (QED) is 0.724. The maximum Gasteiger partial charge on any atom is 0.225 e. The molecule has 0 radical (unpaired) electrons. The molecular weight excluding hydrogens is 202 g/mol. The number of anilines is 1. The predicted molar refractivity (Wildman–Crippen MR) is 63.6 cm³/mol. The van der Waals surface area contributed by atoms with Crippen LogP contribution in [0.2, 0.25) is 0 Å². The van der Waals surface area contributed by atoms with Crippen molar-refractivity contribution in [3.8, 4) is 0 Å². The lowest BCUT2D eigenvalue weighted by molar-refractivity contribution is -0.0753. The van der Waals surface area contributed by atoms with Gasteiger partial charge >= 0.3 is 0 Å². The Bertz CT molecular complexity index is 378. The van der Waals surface area contributed by atoms with E-state index in [-0.39, 0.29) is 11.7 Å². The van der Waals surface area contributed by atoms with Crippen molar-refractivity contribution in [2.24, 2.45) is 0 Å².